The normalized spacial score (nSPS) is 14.4. The average Bonchev–Trinajstić information content (AvgIpc) is 3.09. The number of benzene rings is 1. The fourth-order valence-electron chi connectivity index (χ4n) is 3.10. The highest BCUT2D eigenvalue weighted by Gasteiger charge is 2.43. The Morgan fingerprint density at radius 2 is 1.94 bits per heavy atom. The molecule has 3 rings (SSSR count). The van der Waals surface area contributed by atoms with Crippen LogP contribution in [0.15, 0.2) is 12.1 Å². The number of alkyl halides is 3. The van der Waals surface area contributed by atoms with Gasteiger partial charge in [-0.25, -0.2) is 18.4 Å². The van der Waals surface area contributed by atoms with Crippen molar-refractivity contribution in [2.75, 3.05) is 37.2 Å². The summed E-state index contributed by atoms with van der Waals surface area (Å²) in [5, 5.41) is 14.2. The zero-order valence-electron chi connectivity index (χ0n) is 16.6. The summed E-state index contributed by atoms with van der Waals surface area (Å²) < 4.78 is 75.4. The maximum absolute atomic E-state index is 14.8. The van der Waals surface area contributed by atoms with E-state index in [4.69, 9.17) is 21.7 Å². The molecule has 0 aliphatic carbocycles. The van der Waals surface area contributed by atoms with E-state index in [1.54, 1.807) is 7.05 Å². The molecule has 1 aliphatic rings. The lowest BCUT2D eigenvalue weighted by Gasteiger charge is -2.29. The van der Waals surface area contributed by atoms with Crippen LogP contribution in [0.3, 0.4) is 0 Å². The summed E-state index contributed by atoms with van der Waals surface area (Å²) in [6.07, 6.45) is -4.00. The van der Waals surface area contributed by atoms with Gasteiger partial charge in [0.25, 0.3) is 0 Å². The molecule has 7 nitrogen and oxygen atoms in total. The van der Waals surface area contributed by atoms with Gasteiger partial charge in [-0.2, -0.15) is 13.2 Å². The monoisotopic (exact) mass is 466 g/mol. The second kappa shape index (κ2) is 8.87. The molecule has 0 amide bonds. The third kappa shape index (κ3) is 4.54. The molecule has 0 spiro atoms. The third-order valence-corrected chi connectivity index (χ3v) is 5.02. The molecular formula is C18H20ClF5N6O. The minimum absolute atomic E-state index is 0.0618. The van der Waals surface area contributed by atoms with Crippen molar-refractivity contribution in [2.45, 2.75) is 25.6 Å². The Hall–Kier alpha value is -2.60. The van der Waals surface area contributed by atoms with Gasteiger partial charge >= 0.3 is 6.18 Å². The first kappa shape index (κ1) is 23.1. The van der Waals surface area contributed by atoms with Crippen LogP contribution >= 0.6 is 11.6 Å². The quantitative estimate of drug-likeness (QED) is 0.332. The van der Waals surface area contributed by atoms with Crippen LogP contribution in [-0.4, -0.2) is 48.7 Å². The van der Waals surface area contributed by atoms with Crippen molar-refractivity contribution in [3.05, 3.63) is 34.4 Å². The van der Waals surface area contributed by atoms with Crippen LogP contribution in [0.2, 0.25) is 5.15 Å². The number of nitrogens with zero attached hydrogens (tertiary/aromatic N) is 3. The highest BCUT2D eigenvalue weighted by Crippen LogP contribution is 2.33. The molecule has 170 valence electrons. The molecular weight excluding hydrogens is 447 g/mol. The first-order valence-corrected chi connectivity index (χ1v) is 9.65. The molecule has 31 heavy (non-hydrogen) atoms. The largest absolute Gasteiger partial charge is 0.493 e. The predicted molar refractivity (Wildman–Crippen MR) is 105 cm³/mol. The molecule has 1 aromatic heterocycles. The van der Waals surface area contributed by atoms with Crippen molar-refractivity contribution < 1.29 is 26.7 Å². The molecule has 1 aromatic carbocycles. The van der Waals surface area contributed by atoms with E-state index >= 15 is 0 Å². The van der Waals surface area contributed by atoms with E-state index in [1.807, 2.05) is 0 Å². The fraction of sp³-hybridized carbons (Fsp3) is 0.444. The number of hydrogen-bond acceptors (Lipinski definition) is 6. The molecule has 1 unspecified atom stereocenters. The molecule has 13 heteroatoms. The summed E-state index contributed by atoms with van der Waals surface area (Å²) in [7, 11) is 1.76. The summed E-state index contributed by atoms with van der Waals surface area (Å²) in [6.45, 7) is 1.46. The number of anilines is 1. The van der Waals surface area contributed by atoms with Crippen LogP contribution in [0.25, 0.3) is 11.1 Å². The predicted octanol–water partition coefficient (Wildman–Crippen LogP) is 3.22. The summed E-state index contributed by atoms with van der Waals surface area (Å²) in [5.74, 6) is -2.36. The maximum Gasteiger partial charge on any atom is 0.410 e. The molecule has 2 heterocycles. The van der Waals surface area contributed by atoms with E-state index in [0.29, 0.717) is 13.0 Å². The Balaban J connectivity index is 2.04. The smallest absolute Gasteiger partial charge is 0.410 e. The van der Waals surface area contributed by atoms with E-state index in [-0.39, 0.29) is 25.0 Å². The van der Waals surface area contributed by atoms with E-state index < -0.39 is 45.6 Å². The second-order valence-electron chi connectivity index (χ2n) is 6.82. The molecule has 3 N–H and O–H groups in total. The maximum atomic E-state index is 14.8. The van der Waals surface area contributed by atoms with Crippen LogP contribution in [-0.2, 0) is 0 Å². The average molecular weight is 467 g/mol. The lowest BCUT2D eigenvalue weighted by Crippen LogP contribution is -2.51. The standard InChI is InChI=1S/C18H20ClF5N6O/c1-9(18(22,23)24)29-8-27-17-28-15(19)14(16(25)30(17)29)13-11(20)6-10(7-12(13)21)31-5-3-4-26-2/h6-7,9,25-26H,3-5,8H2,1-2H3,(H,27,28). The molecule has 2 aromatic rings. The minimum atomic E-state index is -4.61. The van der Waals surface area contributed by atoms with Gasteiger partial charge in [0.05, 0.1) is 17.7 Å². The van der Waals surface area contributed by atoms with Gasteiger partial charge in [0.2, 0.25) is 5.95 Å². The highest BCUT2D eigenvalue weighted by molar-refractivity contribution is 6.32. The zero-order chi connectivity index (χ0) is 22.9. The number of hydrogen-bond donors (Lipinski definition) is 3. The highest BCUT2D eigenvalue weighted by atomic mass is 35.5. The lowest BCUT2D eigenvalue weighted by molar-refractivity contribution is -0.148. The Morgan fingerprint density at radius 3 is 2.52 bits per heavy atom. The van der Waals surface area contributed by atoms with Crippen molar-refractivity contribution in [3.8, 4) is 16.9 Å². The zero-order valence-corrected chi connectivity index (χ0v) is 17.3. The summed E-state index contributed by atoms with van der Waals surface area (Å²) in [4.78, 5) is 3.90. The SMILES string of the molecule is CNCCCOc1cc(F)c(-c2c(Cl)nc3n(c2=N)N(C(C)C(F)(F)F)CN3)c(F)c1. The van der Waals surface area contributed by atoms with Crippen molar-refractivity contribution in [3.63, 3.8) is 0 Å². The third-order valence-electron chi connectivity index (χ3n) is 4.74. The van der Waals surface area contributed by atoms with E-state index in [0.717, 1.165) is 28.7 Å². The minimum Gasteiger partial charge on any atom is -0.493 e. The van der Waals surface area contributed by atoms with Crippen molar-refractivity contribution in [1.82, 2.24) is 15.0 Å². The van der Waals surface area contributed by atoms with Crippen LogP contribution in [0, 0.1) is 17.0 Å². The molecule has 0 saturated carbocycles. The van der Waals surface area contributed by atoms with Crippen molar-refractivity contribution in [1.29, 1.82) is 5.41 Å². The van der Waals surface area contributed by atoms with E-state index in [2.05, 4.69) is 15.6 Å². The molecule has 0 radical (unpaired) electrons. The first-order chi connectivity index (χ1) is 14.6. The molecule has 1 aliphatic heterocycles. The topological polar surface area (TPSA) is 78.2 Å². The van der Waals surface area contributed by atoms with Gasteiger partial charge in [0.1, 0.15) is 35.2 Å². The Labute approximate surface area is 179 Å². The number of ether oxygens (including phenoxy) is 1. The van der Waals surface area contributed by atoms with Gasteiger partial charge in [-0.3, -0.25) is 10.4 Å². The molecule has 0 saturated heterocycles. The number of halogens is 6. The van der Waals surface area contributed by atoms with E-state index in [9.17, 15) is 22.0 Å². The van der Waals surface area contributed by atoms with Gasteiger partial charge in [0.15, 0.2) is 5.49 Å². The van der Waals surface area contributed by atoms with Crippen LogP contribution in [0.5, 0.6) is 5.75 Å². The van der Waals surface area contributed by atoms with Crippen LogP contribution < -0.4 is 25.9 Å². The van der Waals surface area contributed by atoms with Crippen molar-refractivity contribution >= 4 is 17.5 Å². The van der Waals surface area contributed by atoms with Gasteiger partial charge in [-0.15, -0.1) is 0 Å². The number of nitrogens with one attached hydrogen (secondary N) is 3. The Morgan fingerprint density at radius 1 is 1.29 bits per heavy atom. The summed E-state index contributed by atoms with van der Waals surface area (Å²) in [5.41, 5.74) is -1.78. The van der Waals surface area contributed by atoms with Gasteiger partial charge in [-0.05, 0) is 26.9 Å². The fourth-order valence-corrected chi connectivity index (χ4v) is 3.37. The number of rotatable bonds is 7. The Kier molecular flexibility index (Phi) is 6.60. The van der Waals surface area contributed by atoms with Gasteiger partial charge < -0.3 is 15.4 Å². The van der Waals surface area contributed by atoms with Gasteiger partial charge in [-0.1, -0.05) is 11.6 Å². The number of aromatic nitrogens is 2. The molecule has 1 atom stereocenters. The second-order valence-corrected chi connectivity index (χ2v) is 7.18. The molecule has 0 bridgehead atoms. The van der Waals surface area contributed by atoms with Gasteiger partial charge in [0, 0.05) is 12.1 Å². The van der Waals surface area contributed by atoms with Crippen LogP contribution in [0.4, 0.5) is 27.9 Å². The van der Waals surface area contributed by atoms with E-state index in [1.165, 1.54) is 0 Å². The summed E-state index contributed by atoms with van der Waals surface area (Å²) >= 11 is 6.07. The Bertz CT molecular complexity index is 1000. The number of fused-ring (bicyclic) bond motifs is 1. The first-order valence-electron chi connectivity index (χ1n) is 9.27. The molecule has 0 fully saturated rings. The van der Waals surface area contributed by atoms with Crippen molar-refractivity contribution in [2.24, 2.45) is 0 Å². The van der Waals surface area contributed by atoms with Crippen LogP contribution in [0.1, 0.15) is 13.3 Å². The lowest BCUT2D eigenvalue weighted by atomic mass is 10.1. The summed E-state index contributed by atoms with van der Waals surface area (Å²) in [6, 6.07) is -0.131.